The van der Waals surface area contributed by atoms with Crippen molar-refractivity contribution >= 4 is 23.0 Å². The van der Waals surface area contributed by atoms with E-state index in [9.17, 15) is 0 Å². The van der Waals surface area contributed by atoms with E-state index < -0.39 is 0 Å². The number of hydrogen-bond donors (Lipinski definition) is 2. The van der Waals surface area contributed by atoms with Crippen molar-refractivity contribution in [1.29, 1.82) is 0 Å². The van der Waals surface area contributed by atoms with E-state index >= 15 is 0 Å². The first-order valence-electron chi connectivity index (χ1n) is 5.09. The van der Waals surface area contributed by atoms with Crippen molar-refractivity contribution in [2.24, 2.45) is 5.41 Å². The van der Waals surface area contributed by atoms with Crippen LogP contribution < -0.4 is 11.1 Å². The van der Waals surface area contributed by atoms with E-state index in [4.69, 9.17) is 17.3 Å². The third-order valence-corrected chi connectivity index (χ3v) is 2.48. The summed E-state index contributed by atoms with van der Waals surface area (Å²) in [7, 11) is 0. The summed E-state index contributed by atoms with van der Waals surface area (Å²) in [6.07, 6.45) is 0. The second-order valence-electron chi connectivity index (χ2n) is 5.10. The molecule has 0 aliphatic carbocycles. The van der Waals surface area contributed by atoms with Crippen LogP contribution in [0, 0.1) is 12.3 Å². The molecule has 84 valence electrons. The minimum absolute atomic E-state index is 0.250. The lowest BCUT2D eigenvalue weighted by molar-refractivity contribution is 0.443. The zero-order valence-electron chi connectivity index (χ0n) is 9.82. The maximum Gasteiger partial charge on any atom is 0.0656 e. The van der Waals surface area contributed by atoms with Gasteiger partial charge in [-0.25, -0.2) is 0 Å². The molecule has 0 saturated carbocycles. The molecule has 3 heteroatoms. The molecule has 1 aromatic rings. The first-order valence-corrected chi connectivity index (χ1v) is 5.47. The van der Waals surface area contributed by atoms with Crippen LogP contribution in [0.25, 0.3) is 0 Å². The molecule has 0 atom stereocenters. The Balaban J connectivity index is 2.82. The largest absolute Gasteiger partial charge is 0.398 e. The summed E-state index contributed by atoms with van der Waals surface area (Å²) in [5.74, 6) is 0. The Kier molecular flexibility index (Phi) is 3.50. The van der Waals surface area contributed by atoms with E-state index in [1.807, 2.05) is 19.1 Å². The van der Waals surface area contributed by atoms with Gasteiger partial charge in [-0.15, -0.1) is 0 Å². The van der Waals surface area contributed by atoms with Crippen molar-refractivity contribution < 1.29 is 0 Å². The first kappa shape index (κ1) is 12.2. The standard InChI is InChI=1S/C12H19ClN2/c1-8-5-10(14)9(13)6-11(8)15-7-12(2,3)4/h5-6,15H,7,14H2,1-4H3. The van der Waals surface area contributed by atoms with E-state index in [0.29, 0.717) is 10.7 Å². The van der Waals surface area contributed by atoms with E-state index in [1.54, 1.807) is 0 Å². The summed E-state index contributed by atoms with van der Waals surface area (Å²) in [5, 5.41) is 3.99. The summed E-state index contributed by atoms with van der Waals surface area (Å²) < 4.78 is 0. The number of aryl methyl sites for hydroxylation is 1. The van der Waals surface area contributed by atoms with Crippen LogP contribution >= 0.6 is 11.6 Å². The zero-order chi connectivity index (χ0) is 11.6. The molecule has 0 fully saturated rings. The maximum absolute atomic E-state index is 5.97. The predicted octanol–water partition coefficient (Wildman–Crippen LogP) is 3.69. The molecule has 1 aromatic carbocycles. The van der Waals surface area contributed by atoms with Crippen LogP contribution in [0.3, 0.4) is 0 Å². The lowest BCUT2D eigenvalue weighted by Gasteiger charge is -2.21. The minimum atomic E-state index is 0.250. The van der Waals surface area contributed by atoms with Gasteiger partial charge >= 0.3 is 0 Å². The number of rotatable bonds is 2. The third-order valence-electron chi connectivity index (χ3n) is 2.15. The van der Waals surface area contributed by atoms with E-state index in [0.717, 1.165) is 17.8 Å². The smallest absolute Gasteiger partial charge is 0.0656 e. The van der Waals surface area contributed by atoms with Gasteiger partial charge in [0.05, 0.1) is 10.7 Å². The third kappa shape index (κ3) is 3.63. The molecule has 1 rings (SSSR count). The highest BCUT2D eigenvalue weighted by Gasteiger charge is 2.11. The summed E-state index contributed by atoms with van der Waals surface area (Å²) in [6.45, 7) is 9.50. The normalized spacial score (nSPS) is 11.5. The average Bonchev–Trinajstić information content (AvgIpc) is 2.07. The van der Waals surface area contributed by atoms with Crippen molar-refractivity contribution in [3.63, 3.8) is 0 Å². The van der Waals surface area contributed by atoms with Crippen molar-refractivity contribution in [1.82, 2.24) is 0 Å². The molecule has 0 saturated heterocycles. The predicted molar refractivity (Wildman–Crippen MR) is 68.5 cm³/mol. The van der Waals surface area contributed by atoms with Crippen LogP contribution in [0.2, 0.25) is 5.02 Å². The van der Waals surface area contributed by atoms with Gasteiger partial charge in [-0.05, 0) is 30.0 Å². The molecule has 0 aliphatic heterocycles. The highest BCUT2D eigenvalue weighted by Crippen LogP contribution is 2.27. The van der Waals surface area contributed by atoms with Gasteiger partial charge < -0.3 is 11.1 Å². The van der Waals surface area contributed by atoms with Crippen LogP contribution in [0.5, 0.6) is 0 Å². The lowest BCUT2D eigenvalue weighted by Crippen LogP contribution is -2.19. The minimum Gasteiger partial charge on any atom is -0.398 e. The quantitative estimate of drug-likeness (QED) is 0.755. The molecule has 3 N–H and O–H groups in total. The van der Waals surface area contributed by atoms with E-state index in [2.05, 4.69) is 26.1 Å². The highest BCUT2D eigenvalue weighted by molar-refractivity contribution is 6.33. The fourth-order valence-corrected chi connectivity index (χ4v) is 1.42. The number of hydrogen-bond acceptors (Lipinski definition) is 2. The SMILES string of the molecule is Cc1cc(N)c(Cl)cc1NCC(C)(C)C. The maximum atomic E-state index is 5.97. The molecule has 0 amide bonds. The number of halogens is 1. The van der Waals surface area contributed by atoms with Crippen molar-refractivity contribution in [2.45, 2.75) is 27.7 Å². The van der Waals surface area contributed by atoms with Crippen LogP contribution in [0.1, 0.15) is 26.3 Å². The van der Waals surface area contributed by atoms with Crippen molar-refractivity contribution in [2.75, 3.05) is 17.6 Å². The second kappa shape index (κ2) is 4.31. The van der Waals surface area contributed by atoms with Gasteiger partial charge in [0.2, 0.25) is 0 Å². The van der Waals surface area contributed by atoms with Gasteiger partial charge in [0.1, 0.15) is 0 Å². The van der Waals surface area contributed by atoms with Gasteiger partial charge in [0, 0.05) is 12.2 Å². The van der Waals surface area contributed by atoms with Crippen molar-refractivity contribution in [3.8, 4) is 0 Å². The number of benzene rings is 1. The number of nitrogen functional groups attached to an aromatic ring is 1. The molecule has 15 heavy (non-hydrogen) atoms. The number of nitrogens with one attached hydrogen (secondary N) is 1. The van der Waals surface area contributed by atoms with Gasteiger partial charge in [0.25, 0.3) is 0 Å². The topological polar surface area (TPSA) is 38.0 Å². The van der Waals surface area contributed by atoms with Gasteiger partial charge in [-0.1, -0.05) is 32.4 Å². The molecular formula is C12H19ClN2. The highest BCUT2D eigenvalue weighted by atomic mass is 35.5. The van der Waals surface area contributed by atoms with Crippen LogP contribution in [0.15, 0.2) is 12.1 Å². The Hall–Kier alpha value is -0.890. The molecule has 0 radical (unpaired) electrons. The zero-order valence-corrected chi connectivity index (χ0v) is 10.6. The van der Waals surface area contributed by atoms with Crippen molar-refractivity contribution in [3.05, 3.63) is 22.7 Å². The van der Waals surface area contributed by atoms with Crippen LogP contribution in [-0.2, 0) is 0 Å². The van der Waals surface area contributed by atoms with E-state index in [1.165, 1.54) is 0 Å². The van der Waals surface area contributed by atoms with Gasteiger partial charge in [-0.2, -0.15) is 0 Å². The second-order valence-corrected chi connectivity index (χ2v) is 5.51. The summed E-state index contributed by atoms with van der Waals surface area (Å²) in [4.78, 5) is 0. The van der Waals surface area contributed by atoms with Crippen LogP contribution in [0.4, 0.5) is 11.4 Å². The Bertz CT molecular complexity index is 353. The number of anilines is 2. The Morgan fingerprint density at radius 2 is 1.93 bits per heavy atom. The number of nitrogens with two attached hydrogens (primary N) is 1. The summed E-state index contributed by atoms with van der Waals surface area (Å²) in [6, 6.07) is 3.78. The monoisotopic (exact) mass is 226 g/mol. The first-order chi connectivity index (χ1) is 6.79. The fraction of sp³-hybridized carbons (Fsp3) is 0.500. The fourth-order valence-electron chi connectivity index (χ4n) is 1.25. The molecule has 0 bridgehead atoms. The molecule has 0 heterocycles. The molecule has 2 nitrogen and oxygen atoms in total. The Morgan fingerprint density at radius 3 is 2.47 bits per heavy atom. The molecule has 0 unspecified atom stereocenters. The molecule has 0 aliphatic rings. The Labute approximate surface area is 96.8 Å². The molecule has 0 aromatic heterocycles. The van der Waals surface area contributed by atoms with Gasteiger partial charge in [0.15, 0.2) is 0 Å². The molecular weight excluding hydrogens is 208 g/mol. The van der Waals surface area contributed by atoms with E-state index in [-0.39, 0.29) is 5.41 Å². The average molecular weight is 227 g/mol. The van der Waals surface area contributed by atoms with Crippen LogP contribution in [-0.4, -0.2) is 6.54 Å². The van der Waals surface area contributed by atoms with Gasteiger partial charge in [-0.3, -0.25) is 0 Å². The lowest BCUT2D eigenvalue weighted by atomic mass is 9.96. The molecule has 0 spiro atoms. The summed E-state index contributed by atoms with van der Waals surface area (Å²) >= 11 is 5.97. The summed E-state index contributed by atoms with van der Waals surface area (Å²) in [5.41, 5.74) is 8.78. The Morgan fingerprint density at radius 1 is 1.33 bits per heavy atom.